The first kappa shape index (κ1) is 24.3. The van der Waals surface area contributed by atoms with Crippen molar-refractivity contribution in [1.29, 1.82) is 0 Å². The van der Waals surface area contributed by atoms with E-state index in [0.717, 1.165) is 50.3 Å². The summed E-state index contributed by atoms with van der Waals surface area (Å²) in [5.41, 5.74) is 0. The number of aromatic nitrogens is 3. The molecule has 0 radical (unpaired) electrons. The van der Waals surface area contributed by atoms with Crippen LogP contribution in [0.2, 0.25) is 0 Å². The zero-order valence-electron chi connectivity index (χ0n) is 17.1. The summed E-state index contributed by atoms with van der Waals surface area (Å²) in [5, 5.41) is 10.8. The molecule has 2 atom stereocenters. The van der Waals surface area contributed by atoms with Crippen LogP contribution in [0.3, 0.4) is 0 Å². The molecule has 1 saturated heterocycles. The van der Waals surface area contributed by atoms with Gasteiger partial charge in [-0.1, -0.05) is 0 Å². The fourth-order valence-corrected chi connectivity index (χ4v) is 4.48. The van der Waals surface area contributed by atoms with Crippen molar-refractivity contribution in [3.05, 3.63) is 11.6 Å². The topological polar surface area (TPSA) is 123 Å². The van der Waals surface area contributed by atoms with Crippen LogP contribution >= 0.6 is 24.0 Å². The number of fused-ring (bicyclic) bond motifs is 1. The highest BCUT2D eigenvalue weighted by molar-refractivity contribution is 14.0. The Morgan fingerprint density at radius 2 is 2.14 bits per heavy atom. The fraction of sp³-hybridized carbons (Fsp3) is 0.824. The van der Waals surface area contributed by atoms with Gasteiger partial charge in [-0.05, 0) is 39.0 Å². The lowest BCUT2D eigenvalue weighted by atomic mass is 10.1. The molecule has 10 nitrogen and oxygen atoms in total. The summed E-state index contributed by atoms with van der Waals surface area (Å²) in [5.74, 6) is 2.18. The monoisotopic (exact) mass is 541 g/mol. The van der Waals surface area contributed by atoms with Crippen LogP contribution in [0.4, 0.5) is 0 Å². The number of aryl methyl sites for hydroxylation is 2. The largest absolute Gasteiger partial charge is 0.377 e. The second-order valence-electron chi connectivity index (χ2n) is 7.23. The van der Waals surface area contributed by atoms with Gasteiger partial charge in [0.05, 0.1) is 17.9 Å². The SMILES string of the molecule is CN=C(NCCS(=O)(=O)NCC1CCCCO1)NC1CCCn2nc(C)nc21.I. The molecule has 29 heavy (non-hydrogen) atoms. The number of nitrogens with zero attached hydrogens (tertiary/aromatic N) is 4. The fourth-order valence-electron chi connectivity index (χ4n) is 3.53. The number of sulfonamides is 1. The molecule has 2 aliphatic rings. The predicted octanol–water partition coefficient (Wildman–Crippen LogP) is 0.693. The van der Waals surface area contributed by atoms with Crippen LogP contribution in [-0.2, 0) is 21.3 Å². The summed E-state index contributed by atoms with van der Waals surface area (Å²) in [7, 11) is -1.70. The minimum Gasteiger partial charge on any atom is -0.377 e. The van der Waals surface area contributed by atoms with Crippen LogP contribution in [0.1, 0.15) is 49.8 Å². The molecule has 1 fully saturated rings. The van der Waals surface area contributed by atoms with Crippen molar-refractivity contribution in [2.45, 2.75) is 57.7 Å². The molecular weight excluding hydrogens is 509 g/mol. The maximum atomic E-state index is 12.2. The number of hydrogen-bond acceptors (Lipinski definition) is 6. The number of ether oxygens (including phenoxy) is 1. The first-order valence-corrected chi connectivity index (χ1v) is 11.6. The van der Waals surface area contributed by atoms with Crippen LogP contribution < -0.4 is 15.4 Å². The highest BCUT2D eigenvalue weighted by atomic mass is 127. The van der Waals surface area contributed by atoms with Crippen molar-refractivity contribution in [2.75, 3.05) is 32.5 Å². The summed E-state index contributed by atoms with van der Waals surface area (Å²) in [4.78, 5) is 8.70. The molecule has 1 aromatic rings. The maximum Gasteiger partial charge on any atom is 0.213 e. The lowest BCUT2D eigenvalue weighted by Crippen LogP contribution is -2.44. The van der Waals surface area contributed by atoms with Gasteiger partial charge in [0.25, 0.3) is 0 Å². The molecule has 3 N–H and O–H groups in total. The number of rotatable bonds is 7. The van der Waals surface area contributed by atoms with E-state index in [1.165, 1.54) is 0 Å². The Kier molecular flexibility index (Phi) is 9.56. The molecule has 166 valence electrons. The predicted molar refractivity (Wildman–Crippen MR) is 122 cm³/mol. The first-order valence-electron chi connectivity index (χ1n) is 9.94. The highest BCUT2D eigenvalue weighted by Crippen LogP contribution is 2.22. The van der Waals surface area contributed by atoms with Crippen LogP contribution in [-0.4, -0.2) is 67.7 Å². The summed E-state index contributed by atoms with van der Waals surface area (Å²) in [6, 6.07) is 0.0133. The average Bonchev–Trinajstić information content (AvgIpc) is 3.07. The minimum atomic E-state index is -3.36. The zero-order valence-corrected chi connectivity index (χ0v) is 20.2. The Morgan fingerprint density at radius 3 is 2.86 bits per heavy atom. The number of hydrogen-bond donors (Lipinski definition) is 3. The zero-order chi connectivity index (χ0) is 20.0. The third-order valence-electron chi connectivity index (χ3n) is 4.98. The van der Waals surface area contributed by atoms with Crippen molar-refractivity contribution in [1.82, 2.24) is 30.1 Å². The van der Waals surface area contributed by atoms with Gasteiger partial charge in [0.2, 0.25) is 10.0 Å². The van der Waals surface area contributed by atoms with E-state index in [-0.39, 0.29) is 48.4 Å². The van der Waals surface area contributed by atoms with Gasteiger partial charge in [0.15, 0.2) is 5.96 Å². The van der Waals surface area contributed by atoms with Gasteiger partial charge in [-0.2, -0.15) is 5.10 Å². The lowest BCUT2D eigenvalue weighted by Gasteiger charge is -2.25. The molecule has 3 heterocycles. The first-order chi connectivity index (χ1) is 13.5. The Balaban J connectivity index is 0.00000300. The van der Waals surface area contributed by atoms with Gasteiger partial charge in [-0.3, -0.25) is 4.99 Å². The number of aliphatic imine (C=N–C) groups is 1. The molecule has 3 rings (SSSR count). The van der Waals surface area contributed by atoms with E-state index < -0.39 is 10.0 Å². The molecule has 12 heteroatoms. The average molecular weight is 541 g/mol. The van der Waals surface area contributed by atoms with Crippen molar-refractivity contribution >= 4 is 40.0 Å². The number of halogens is 1. The summed E-state index contributed by atoms with van der Waals surface area (Å²) < 4.78 is 34.6. The van der Waals surface area contributed by atoms with Crippen LogP contribution in [0, 0.1) is 6.92 Å². The highest BCUT2D eigenvalue weighted by Gasteiger charge is 2.24. The van der Waals surface area contributed by atoms with E-state index in [0.29, 0.717) is 19.1 Å². The quantitative estimate of drug-likeness (QED) is 0.264. The molecular formula is C17H32IN7O3S. The van der Waals surface area contributed by atoms with E-state index in [9.17, 15) is 8.42 Å². The molecule has 1 aromatic heterocycles. The van der Waals surface area contributed by atoms with Crippen molar-refractivity contribution in [3.63, 3.8) is 0 Å². The van der Waals surface area contributed by atoms with Crippen LogP contribution in [0.15, 0.2) is 4.99 Å². The van der Waals surface area contributed by atoms with Gasteiger partial charge >= 0.3 is 0 Å². The van der Waals surface area contributed by atoms with Gasteiger partial charge in [-0.25, -0.2) is 22.8 Å². The van der Waals surface area contributed by atoms with E-state index in [1.807, 2.05) is 11.6 Å². The van der Waals surface area contributed by atoms with Gasteiger partial charge in [-0.15, -0.1) is 24.0 Å². The van der Waals surface area contributed by atoms with E-state index >= 15 is 0 Å². The minimum absolute atomic E-state index is 0. The summed E-state index contributed by atoms with van der Waals surface area (Å²) in [6.07, 6.45) is 4.97. The van der Waals surface area contributed by atoms with Crippen molar-refractivity contribution < 1.29 is 13.2 Å². The van der Waals surface area contributed by atoms with Crippen LogP contribution in [0.5, 0.6) is 0 Å². The second kappa shape index (κ2) is 11.4. The third kappa shape index (κ3) is 7.33. The smallest absolute Gasteiger partial charge is 0.213 e. The third-order valence-corrected chi connectivity index (χ3v) is 6.33. The second-order valence-corrected chi connectivity index (χ2v) is 9.16. The molecule has 0 bridgehead atoms. The van der Waals surface area contributed by atoms with E-state index in [2.05, 4.69) is 30.4 Å². The lowest BCUT2D eigenvalue weighted by molar-refractivity contribution is 0.0200. The van der Waals surface area contributed by atoms with E-state index in [1.54, 1.807) is 7.05 Å². The van der Waals surface area contributed by atoms with Crippen molar-refractivity contribution in [3.8, 4) is 0 Å². The Morgan fingerprint density at radius 1 is 1.31 bits per heavy atom. The van der Waals surface area contributed by atoms with Gasteiger partial charge in [0, 0.05) is 33.3 Å². The van der Waals surface area contributed by atoms with Gasteiger partial charge in [0.1, 0.15) is 11.6 Å². The number of nitrogens with one attached hydrogen (secondary N) is 3. The molecule has 0 aromatic carbocycles. The van der Waals surface area contributed by atoms with E-state index in [4.69, 9.17) is 4.74 Å². The molecule has 0 spiro atoms. The standard InChI is InChI=1S/C17H31N7O3S.HI/c1-13-21-16-15(7-5-9-24(16)23-13)22-17(18-2)19-8-11-28(25,26)20-12-14-6-3-4-10-27-14;/h14-15,20H,3-12H2,1-2H3,(H2,18,19,22);1H. The summed E-state index contributed by atoms with van der Waals surface area (Å²) >= 11 is 0. The maximum absolute atomic E-state index is 12.2. The molecule has 0 amide bonds. The normalized spacial score (nSPS) is 22.5. The van der Waals surface area contributed by atoms with Crippen LogP contribution in [0.25, 0.3) is 0 Å². The number of guanidine groups is 1. The molecule has 2 aliphatic heterocycles. The van der Waals surface area contributed by atoms with Gasteiger partial charge < -0.3 is 15.4 Å². The Bertz CT molecular complexity index is 778. The Labute approximate surface area is 189 Å². The van der Waals surface area contributed by atoms with Crippen molar-refractivity contribution in [2.24, 2.45) is 4.99 Å². The summed E-state index contributed by atoms with van der Waals surface area (Å²) in [6.45, 7) is 4.07. The molecule has 0 saturated carbocycles. The Hall–Kier alpha value is -0.990. The molecule has 2 unspecified atom stereocenters. The molecule has 0 aliphatic carbocycles.